The highest BCUT2D eigenvalue weighted by Gasteiger charge is 2.20. The van der Waals surface area contributed by atoms with Crippen LogP contribution in [0.5, 0.6) is 0 Å². The summed E-state index contributed by atoms with van der Waals surface area (Å²) in [5.41, 5.74) is 4.13. The molecule has 1 aliphatic rings. The van der Waals surface area contributed by atoms with Crippen LogP contribution in [0.25, 0.3) is 0 Å². The Bertz CT molecular complexity index is 600. The molecule has 0 amide bonds. The second-order valence-electron chi connectivity index (χ2n) is 5.32. The van der Waals surface area contributed by atoms with Gasteiger partial charge in [0.2, 0.25) is 5.13 Å². The first-order chi connectivity index (χ1) is 9.65. The number of piperazine rings is 1. The van der Waals surface area contributed by atoms with Gasteiger partial charge in [0.1, 0.15) is 5.82 Å². The molecule has 5 heteroatoms. The average molecular weight is 288 g/mol. The molecule has 0 bridgehead atoms. The molecule has 0 atom stereocenters. The monoisotopic (exact) mass is 288 g/mol. The van der Waals surface area contributed by atoms with Crippen molar-refractivity contribution in [1.82, 2.24) is 9.36 Å². The molecule has 4 nitrogen and oxygen atoms in total. The summed E-state index contributed by atoms with van der Waals surface area (Å²) >= 11 is 1.51. The van der Waals surface area contributed by atoms with Gasteiger partial charge in [-0.2, -0.15) is 4.37 Å². The Morgan fingerprint density at radius 1 is 1.00 bits per heavy atom. The summed E-state index contributed by atoms with van der Waals surface area (Å²) in [4.78, 5) is 9.30. The molecule has 1 saturated heterocycles. The van der Waals surface area contributed by atoms with Gasteiger partial charge in [0, 0.05) is 43.4 Å². The van der Waals surface area contributed by atoms with Crippen LogP contribution >= 0.6 is 11.5 Å². The van der Waals surface area contributed by atoms with Gasteiger partial charge in [-0.1, -0.05) is 12.1 Å². The first-order valence-corrected chi connectivity index (χ1v) is 7.79. The van der Waals surface area contributed by atoms with E-state index in [-0.39, 0.29) is 0 Å². The maximum atomic E-state index is 4.48. The molecule has 0 spiro atoms. The molecule has 0 radical (unpaired) electrons. The van der Waals surface area contributed by atoms with Crippen molar-refractivity contribution in [3.63, 3.8) is 0 Å². The molecule has 0 aliphatic carbocycles. The quantitative estimate of drug-likeness (QED) is 0.850. The number of rotatable bonds is 2. The van der Waals surface area contributed by atoms with Crippen LogP contribution in [0.1, 0.15) is 17.0 Å². The van der Waals surface area contributed by atoms with E-state index in [0.717, 1.165) is 37.1 Å². The molecule has 2 heterocycles. The molecule has 20 heavy (non-hydrogen) atoms. The molecule has 1 aromatic carbocycles. The Hall–Kier alpha value is -1.62. The van der Waals surface area contributed by atoms with Gasteiger partial charge in [-0.25, -0.2) is 4.98 Å². The molecule has 1 fully saturated rings. The van der Waals surface area contributed by atoms with Crippen molar-refractivity contribution in [3.05, 3.63) is 35.2 Å². The topological polar surface area (TPSA) is 32.3 Å². The van der Waals surface area contributed by atoms with Gasteiger partial charge in [0.05, 0.1) is 0 Å². The van der Waals surface area contributed by atoms with Crippen molar-refractivity contribution in [2.45, 2.75) is 20.8 Å². The summed E-state index contributed by atoms with van der Waals surface area (Å²) in [5, 5.41) is 1.06. The van der Waals surface area contributed by atoms with Crippen LogP contribution in [0.2, 0.25) is 0 Å². The molecule has 0 N–H and O–H groups in total. The molecule has 1 aromatic heterocycles. The van der Waals surface area contributed by atoms with Crippen molar-refractivity contribution in [1.29, 1.82) is 0 Å². The highest BCUT2D eigenvalue weighted by Crippen LogP contribution is 2.25. The molecular formula is C15H20N4S. The van der Waals surface area contributed by atoms with E-state index >= 15 is 0 Å². The first-order valence-electron chi connectivity index (χ1n) is 7.01. The van der Waals surface area contributed by atoms with Gasteiger partial charge in [0.25, 0.3) is 0 Å². The normalized spacial score (nSPS) is 15.8. The van der Waals surface area contributed by atoms with Gasteiger partial charge in [0.15, 0.2) is 0 Å². The summed E-state index contributed by atoms with van der Waals surface area (Å²) in [6.07, 6.45) is 0. The van der Waals surface area contributed by atoms with Crippen LogP contribution < -0.4 is 9.80 Å². The Kier molecular flexibility index (Phi) is 3.61. The Labute approximate surface area is 124 Å². The van der Waals surface area contributed by atoms with Crippen LogP contribution in [0.3, 0.4) is 0 Å². The fourth-order valence-electron chi connectivity index (χ4n) is 2.63. The minimum Gasteiger partial charge on any atom is -0.368 e. The van der Waals surface area contributed by atoms with E-state index in [1.807, 2.05) is 6.92 Å². The zero-order chi connectivity index (χ0) is 14.1. The van der Waals surface area contributed by atoms with Crippen molar-refractivity contribution >= 4 is 22.4 Å². The van der Waals surface area contributed by atoms with E-state index in [9.17, 15) is 0 Å². The summed E-state index contributed by atoms with van der Waals surface area (Å²) < 4.78 is 4.27. The van der Waals surface area contributed by atoms with Crippen molar-refractivity contribution in [2.24, 2.45) is 0 Å². The smallest absolute Gasteiger partial charge is 0.205 e. The second kappa shape index (κ2) is 5.40. The molecule has 0 unspecified atom stereocenters. The lowest BCUT2D eigenvalue weighted by Crippen LogP contribution is -2.46. The number of anilines is 2. The van der Waals surface area contributed by atoms with Crippen molar-refractivity contribution in [2.75, 3.05) is 36.0 Å². The molecule has 2 aromatic rings. The van der Waals surface area contributed by atoms with E-state index in [4.69, 9.17) is 0 Å². The predicted octanol–water partition coefficient (Wildman–Crippen LogP) is 2.79. The van der Waals surface area contributed by atoms with E-state index < -0.39 is 0 Å². The molecule has 106 valence electrons. The van der Waals surface area contributed by atoms with Crippen LogP contribution in [-0.2, 0) is 0 Å². The van der Waals surface area contributed by atoms with E-state index in [0.29, 0.717) is 0 Å². The molecular weight excluding hydrogens is 268 g/mol. The maximum absolute atomic E-state index is 4.48. The first kappa shape index (κ1) is 13.4. The number of hydrogen-bond acceptors (Lipinski definition) is 5. The van der Waals surface area contributed by atoms with Gasteiger partial charge >= 0.3 is 0 Å². The SMILES string of the molecule is Cc1nsc(N2CCN(c3cccc(C)c3C)CC2)n1. The third-order valence-electron chi connectivity index (χ3n) is 3.98. The van der Waals surface area contributed by atoms with Gasteiger partial charge < -0.3 is 9.80 Å². The van der Waals surface area contributed by atoms with E-state index in [2.05, 4.69) is 51.2 Å². The maximum Gasteiger partial charge on any atom is 0.205 e. The van der Waals surface area contributed by atoms with Gasteiger partial charge in [-0.15, -0.1) is 0 Å². The molecule has 3 rings (SSSR count). The number of aromatic nitrogens is 2. The Morgan fingerprint density at radius 3 is 2.35 bits per heavy atom. The van der Waals surface area contributed by atoms with E-state index in [1.54, 1.807) is 0 Å². The van der Waals surface area contributed by atoms with Gasteiger partial charge in [-0.3, -0.25) is 0 Å². The Balaban J connectivity index is 1.71. The average Bonchev–Trinajstić information content (AvgIpc) is 2.89. The summed E-state index contributed by atoms with van der Waals surface area (Å²) in [7, 11) is 0. The lowest BCUT2D eigenvalue weighted by molar-refractivity contribution is 0.650. The Morgan fingerprint density at radius 2 is 1.70 bits per heavy atom. The fraction of sp³-hybridized carbons (Fsp3) is 0.467. The zero-order valence-electron chi connectivity index (χ0n) is 12.3. The minimum atomic E-state index is 0.877. The zero-order valence-corrected chi connectivity index (χ0v) is 13.1. The number of benzene rings is 1. The number of hydrogen-bond donors (Lipinski definition) is 0. The highest BCUT2D eigenvalue weighted by molar-refractivity contribution is 7.09. The number of aryl methyl sites for hydroxylation is 2. The third kappa shape index (κ3) is 2.50. The lowest BCUT2D eigenvalue weighted by atomic mass is 10.1. The summed E-state index contributed by atoms with van der Waals surface area (Å²) in [5.74, 6) is 0.877. The largest absolute Gasteiger partial charge is 0.368 e. The van der Waals surface area contributed by atoms with Crippen molar-refractivity contribution in [3.8, 4) is 0 Å². The van der Waals surface area contributed by atoms with Crippen LogP contribution in [0, 0.1) is 20.8 Å². The lowest BCUT2D eigenvalue weighted by Gasteiger charge is -2.36. The summed E-state index contributed by atoms with van der Waals surface area (Å²) in [6.45, 7) is 10.5. The standard InChI is InChI=1S/C15H20N4S/c1-11-5-4-6-14(12(11)2)18-7-9-19(10-8-18)15-16-13(3)17-20-15/h4-6H,7-10H2,1-3H3. The predicted molar refractivity (Wildman–Crippen MR) is 85.0 cm³/mol. The van der Waals surface area contributed by atoms with Gasteiger partial charge in [-0.05, 0) is 38.0 Å². The third-order valence-corrected chi connectivity index (χ3v) is 4.85. The van der Waals surface area contributed by atoms with E-state index in [1.165, 1.54) is 28.3 Å². The van der Waals surface area contributed by atoms with Crippen LogP contribution in [-0.4, -0.2) is 35.5 Å². The summed E-state index contributed by atoms with van der Waals surface area (Å²) in [6, 6.07) is 6.56. The highest BCUT2D eigenvalue weighted by atomic mass is 32.1. The number of nitrogens with zero attached hydrogens (tertiary/aromatic N) is 4. The fourth-order valence-corrected chi connectivity index (χ4v) is 3.36. The molecule has 0 saturated carbocycles. The molecule has 1 aliphatic heterocycles. The van der Waals surface area contributed by atoms with Crippen LogP contribution in [0.4, 0.5) is 10.8 Å². The van der Waals surface area contributed by atoms with Crippen molar-refractivity contribution < 1.29 is 0 Å². The minimum absolute atomic E-state index is 0.877. The van der Waals surface area contributed by atoms with Crippen LogP contribution in [0.15, 0.2) is 18.2 Å². The second-order valence-corrected chi connectivity index (χ2v) is 6.05.